The zero-order valence-electron chi connectivity index (χ0n) is 16.7. The van der Waals surface area contributed by atoms with E-state index < -0.39 is 10.0 Å². The number of carbonyl (C=O) groups is 1. The lowest BCUT2D eigenvalue weighted by Crippen LogP contribution is -2.50. The predicted molar refractivity (Wildman–Crippen MR) is 116 cm³/mol. The SMILES string of the molecule is CC(C)(C)c1ccc(S(=O)(=O)N2CCN(C(=O)c3cc(Cl)cc(Cl)c3)CC2)cc1. The molecule has 5 nitrogen and oxygen atoms in total. The molecule has 0 radical (unpaired) electrons. The Hall–Kier alpha value is -1.60. The van der Waals surface area contributed by atoms with Gasteiger partial charge in [0, 0.05) is 41.8 Å². The maximum atomic E-state index is 13.0. The highest BCUT2D eigenvalue weighted by Gasteiger charge is 2.30. The first-order valence-electron chi connectivity index (χ1n) is 9.34. The van der Waals surface area contributed by atoms with Crippen LogP contribution in [0.4, 0.5) is 0 Å². The van der Waals surface area contributed by atoms with E-state index in [4.69, 9.17) is 23.2 Å². The van der Waals surface area contributed by atoms with E-state index in [0.717, 1.165) is 5.56 Å². The third-order valence-corrected chi connectivity index (χ3v) is 7.34. The lowest BCUT2D eigenvalue weighted by Gasteiger charge is -2.34. The van der Waals surface area contributed by atoms with Gasteiger partial charge in [-0.3, -0.25) is 4.79 Å². The minimum atomic E-state index is -3.60. The quantitative estimate of drug-likeness (QED) is 0.688. The standard InChI is InChI=1S/C21H24Cl2N2O3S/c1-21(2,3)16-4-6-19(7-5-16)29(27,28)25-10-8-24(9-11-25)20(26)15-12-17(22)14-18(23)13-15/h4-7,12-14H,8-11H2,1-3H3. The van der Waals surface area contributed by atoms with Gasteiger partial charge in [-0.1, -0.05) is 56.1 Å². The minimum Gasteiger partial charge on any atom is -0.336 e. The molecule has 1 fully saturated rings. The van der Waals surface area contributed by atoms with Gasteiger partial charge in [-0.15, -0.1) is 0 Å². The van der Waals surface area contributed by atoms with E-state index in [1.54, 1.807) is 35.2 Å². The summed E-state index contributed by atoms with van der Waals surface area (Å²) in [5, 5.41) is 0.779. The summed E-state index contributed by atoms with van der Waals surface area (Å²) >= 11 is 12.0. The predicted octanol–water partition coefficient (Wildman–Crippen LogP) is 4.44. The number of benzene rings is 2. The maximum Gasteiger partial charge on any atom is 0.254 e. The van der Waals surface area contributed by atoms with E-state index in [9.17, 15) is 13.2 Å². The summed E-state index contributed by atoms with van der Waals surface area (Å²) in [6.45, 7) is 7.34. The average molecular weight is 455 g/mol. The Morgan fingerprint density at radius 2 is 1.41 bits per heavy atom. The second-order valence-electron chi connectivity index (χ2n) is 8.13. The van der Waals surface area contributed by atoms with Gasteiger partial charge in [0.05, 0.1) is 4.90 Å². The van der Waals surface area contributed by atoms with Gasteiger partial charge in [-0.25, -0.2) is 8.42 Å². The summed E-state index contributed by atoms with van der Waals surface area (Å²) < 4.78 is 27.4. The van der Waals surface area contributed by atoms with Crippen molar-refractivity contribution in [2.75, 3.05) is 26.2 Å². The second kappa shape index (κ2) is 8.26. The molecule has 0 aromatic heterocycles. The molecule has 29 heavy (non-hydrogen) atoms. The molecule has 0 unspecified atom stereocenters. The van der Waals surface area contributed by atoms with Gasteiger partial charge in [-0.2, -0.15) is 4.31 Å². The molecular weight excluding hydrogens is 431 g/mol. The van der Waals surface area contributed by atoms with Crippen molar-refractivity contribution >= 4 is 39.1 Å². The molecule has 3 rings (SSSR count). The molecule has 1 amide bonds. The minimum absolute atomic E-state index is 0.0441. The summed E-state index contributed by atoms with van der Waals surface area (Å²) in [4.78, 5) is 14.6. The average Bonchev–Trinajstić information content (AvgIpc) is 2.66. The smallest absolute Gasteiger partial charge is 0.254 e. The normalized spacial score (nSPS) is 16.1. The van der Waals surface area contributed by atoms with Crippen LogP contribution in [0.25, 0.3) is 0 Å². The summed E-state index contributed by atoms with van der Waals surface area (Å²) in [6.07, 6.45) is 0. The van der Waals surface area contributed by atoms with Crippen LogP contribution < -0.4 is 0 Å². The third-order valence-electron chi connectivity index (χ3n) is 4.99. The zero-order chi connectivity index (χ0) is 21.4. The number of rotatable bonds is 3. The van der Waals surface area contributed by atoms with Crippen LogP contribution in [0.3, 0.4) is 0 Å². The third kappa shape index (κ3) is 4.94. The lowest BCUT2D eigenvalue weighted by atomic mass is 9.87. The maximum absolute atomic E-state index is 13.0. The fourth-order valence-electron chi connectivity index (χ4n) is 3.27. The largest absolute Gasteiger partial charge is 0.336 e. The van der Waals surface area contributed by atoms with Crippen molar-refractivity contribution < 1.29 is 13.2 Å². The highest BCUT2D eigenvalue weighted by molar-refractivity contribution is 7.89. The van der Waals surface area contributed by atoms with Crippen molar-refractivity contribution in [2.45, 2.75) is 31.1 Å². The monoisotopic (exact) mass is 454 g/mol. The number of hydrogen-bond acceptors (Lipinski definition) is 3. The van der Waals surface area contributed by atoms with Crippen molar-refractivity contribution in [1.82, 2.24) is 9.21 Å². The molecule has 1 aliphatic rings. The molecule has 8 heteroatoms. The lowest BCUT2D eigenvalue weighted by molar-refractivity contribution is 0.0698. The molecule has 0 aliphatic carbocycles. The van der Waals surface area contributed by atoms with Crippen LogP contribution in [0.5, 0.6) is 0 Å². The fraction of sp³-hybridized carbons (Fsp3) is 0.381. The van der Waals surface area contributed by atoms with Crippen LogP contribution in [0, 0.1) is 0 Å². The molecule has 0 saturated carbocycles. The first-order valence-corrected chi connectivity index (χ1v) is 11.5. The summed E-state index contributed by atoms with van der Waals surface area (Å²) in [5.74, 6) is -0.207. The zero-order valence-corrected chi connectivity index (χ0v) is 19.0. The van der Waals surface area contributed by atoms with Crippen LogP contribution in [-0.2, 0) is 15.4 Å². The number of amides is 1. The molecule has 2 aromatic carbocycles. The van der Waals surface area contributed by atoms with Gasteiger partial charge in [0.1, 0.15) is 0 Å². The molecular formula is C21H24Cl2N2O3S. The van der Waals surface area contributed by atoms with Crippen molar-refractivity contribution in [2.24, 2.45) is 0 Å². The molecule has 2 aromatic rings. The van der Waals surface area contributed by atoms with E-state index >= 15 is 0 Å². The van der Waals surface area contributed by atoms with Crippen molar-refractivity contribution in [3.05, 3.63) is 63.6 Å². The van der Waals surface area contributed by atoms with Crippen LogP contribution in [0.1, 0.15) is 36.7 Å². The number of piperazine rings is 1. The number of nitrogens with zero attached hydrogens (tertiary/aromatic N) is 2. The van der Waals surface area contributed by atoms with Gasteiger partial charge in [0.2, 0.25) is 10.0 Å². The second-order valence-corrected chi connectivity index (χ2v) is 10.9. The Kier molecular flexibility index (Phi) is 6.30. The number of hydrogen-bond donors (Lipinski definition) is 0. The molecule has 0 bridgehead atoms. The van der Waals surface area contributed by atoms with E-state index in [-0.39, 0.29) is 29.3 Å². The first kappa shape index (κ1) is 22.1. The van der Waals surface area contributed by atoms with Gasteiger partial charge in [0.15, 0.2) is 0 Å². The Balaban J connectivity index is 1.70. The Morgan fingerprint density at radius 1 is 0.897 bits per heavy atom. The molecule has 156 valence electrons. The summed E-state index contributed by atoms with van der Waals surface area (Å²) in [5.41, 5.74) is 1.43. The Labute approximate surface area is 182 Å². The van der Waals surface area contributed by atoms with Crippen molar-refractivity contribution in [1.29, 1.82) is 0 Å². The Morgan fingerprint density at radius 3 is 1.90 bits per heavy atom. The van der Waals surface area contributed by atoms with Gasteiger partial charge in [0.25, 0.3) is 5.91 Å². The van der Waals surface area contributed by atoms with Gasteiger partial charge in [-0.05, 0) is 41.3 Å². The summed E-state index contributed by atoms with van der Waals surface area (Å²) in [7, 11) is -3.60. The van der Waals surface area contributed by atoms with Crippen molar-refractivity contribution in [3.63, 3.8) is 0 Å². The fourth-order valence-corrected chi connectivity index (χ4v) is 5.22. The highest BCUT2D eigenvalue weighted by atomic mass is 35.5. The van der Waals surface area contributed by atoms with E-state index in [1.807, 2.05) is 12.1 Å². The molecule has 0 N–H and O–H groups in total. The number of carbonyl (C=O) groups excluding carboxylic acids is 1. The molecule has 1 aliphatic heterocycles. The van der Waals surface area contributed by atoms with E-state index in [2.05, 4.69) is 20.8 Å². The summed E-state index contributed by atoms with van der Waals surface area (Å²) in [6, 6.07) is 11.7. The highest BCUT2D eigenvalue weighted by Crippen LogP contribution is 2.26. The molecule has 1 heterocycles. The van der Waals surface area contributed by atoms with Crippen molar-refractivity contribution in [3.8, 4) is 0 Å². The number of halogens is 2. The van der Waals surface area contributed by atoms with Gasteiger partial charge >= 0.3 is 0 Å². The van der Waals surface area contributed by atoms with Crippen LogP contribution in [0.2, 0.25) is 10.0 Å². The molecule has 0 spiro atoms. The number of sulfonamides is 1. The van der Waals surface area contributed by atoms with E-state index in [1.165, 1.54) is 4.31 Å². The topological polar surface area (TPSA) is 57.7 Å². The van der Waals surface area contributed by atoms with Crippen LogP contribution in [0.15, 0.2) is 47.4 Å². The van der Waals surface area contributed by atoms with Crippen LogP contribution >= 0.6 is 23.2 Å². The molecule has 1 saturated heterocycles. The van der Waals surface area contributed by atoms with Gasteiger partial charge < -0.3 is 4.90 Å². The van der Waals surface area contributed by atoms with Crippen LogP contribution in [-0.4, -0.2) is 49.7 Å². The van der Waals surface area contributed by atoms with E-state index in [0.29, 0.717) is 28.7 Å². The first-order chi connectivity index (χ1) is 13.5. The molecule has 0 atom stereocenters. The Bertz CT molecular complexity index is 987.